The quantitative estimate of drug-likeness (QED) is 0.904. The zero-order chi connectivity index (χ0) is 14.2. The van der Waals surface area contributed by atoms with E-state index in [9.17, 15) is 4.79 Å². The highest BCUT2D eigenvalue weighted by atomic mass is 16.5. The van der Waals surface area contributed by atoms with Crippen LogP contribution in [0.1, 0.15) is 25.7 Å². The Labute approximate surface area is 125 Å². The summed E-state index contributed by atoms with van der Waals surface area (Å²) in [5.74, 6) is 2.42. The Bertz CT molecular complexity index is 523. The third kappa shape index (κ3) is 2.99. The molecule has 1 unspecified atom stereocenters. The van der Waals surface area contributed by atoms with Gasteiger partial charge < -0.3 is 15.0 Å². The maximum Gasteiger partial charge on any atom is 0.265 e. The molecular weight excluding hydrogens is 264 g/mol. The van der Waals surface area contributed by atoms with Gasteiger partial charge in [0.1, 0.15) is 5.75 Å². The number of anilines is 1. The molecule has 4 rings (SSSR count). The minimum absolute atomic E-state index is 0.163. The molecule has 3 aliphatic rings. The number of hydrogen-bond donors (Lipinski definition) is 1. The van der Waals surface area contributed by atoms with Crippen molar-refractivity contribution in [2.45, 2.75) is 31.8 Å². The molecule has 1 aromatic carbocycles. The van der Waals surface area contributed by atoms with Crippen molar-refractivity contribution in [3.8, 4) is 5.75 Å². The summed E-state index contributed by atoms with van der Waals surface area (Å²) in [5, 5.41) is 3.31. The van der Waals surface area contributed by atoms with Gasteiger partial charge >= 0.3 is 0 Å². The van der Waals surface area contributed by atoms with Gasteiger partial charge in [0.15, 0.2) is 6.10 Å². The molecule has 4 heteroatoms. The number of ether oxygens (including phenoxy) is 1. The van der Waals surface area contributed by atoms with Gasteiger partial charge in [0.25, 0.3) is 5.91 Å². The molecule has 2 aliphatic carbocycles. The number of benzene rings is 1. The van der Waals surface area contributed by atoms with Gasteiger partial charge in [-0.3, -0.25) is 4.79 Å². The Balaban J connectivity index is 1.44. The monoisotopic (exact) mass is 286 g/mol. The molecule has 1 N–H and O–H groups in total. The molecule has 21 heavy (non-hydrogen) atoms. The van der Waals surface area contributed by atoms with Gasteiger partial charge in [-0.25, -0.2) is 0 Å². The molecule has 1 aliphatic heterocycles. The molecule has 1 atom stereocenters. The van der Waals surface area contributed by atoms with E-state index >= 15 is 0 Å². The maximum atomic E-state index is 12.8. The fourth-order valence-corrected chi connectivity index (χ4v) is 2.93. The minimum atomic E-state index is -0.377. The summed E-state index contributed by atoms with van der Waals surface area (Å²) in [6.45, 7) is 2.43. The van der Waals surface area contributed by atoms with E-state index in [1.54, 1.807) is 0 Å². The largest absolute Gasteiger partial charge is 0.477 e. The van der Waals surface area contributed by atoms with E-state index in [1.165, 1.54) is 25.7 Å². The van der Waals surface area contributed by atoms with Crippen molar-refractivity contribution in [2.24, 2.45) is 11.8 Å². The van der Waals surface area contributed by atoms with Gasteiger partial charge in [-0.05, 0) is 49.7 Å². The van der Waals surface area contributed by atoms with Crippen LogP contribution in [0.4, 0.5) is 5.69 Å². The van der Waals surface area contributed by atoms with Crippen molar-refractivity contribution in [1.29, 1.82) is 0 Å². The first-order valence-electron chi connectivity index (χ1n) is 8.08. The normalized spacial score (nSPS) is 23.7. The summed E-state index contributed by atoms with van der Waals surface area (Å²) in [4.78, 5) is 14.9. The number of carbonyl (C=O) groups is 1. The molecule has 0 bridgehead atoms. The van der Waals surface area contributed by atoms with Crippen LogP contribution in [0.3, 0.4) is 0 Å². The molecule has 0 aromatic heterocycles. The van der Waals surface area contributed by atoms with Gasteiger partial charge in [0, 0.05) is 13.1 Å². The van der Waals surface area contributed by atoms with E-state index in [0.29, 0.717) is 6.54 Å². The van der Waals surface area contributed by atoms with E-state index in [2.05, 4.69) is 10.2 Å². The van der Waals surface area contributed by atoms with Gasteiger partial charge in [-0.1, -0.05) is 12.1 Å². The third-order valence-corrected chi connectivity index (χ3v) is 4.57. The summed E-state index contributed by atoms with van der Waals surface area (Å²) >= 11 is 0. The van der Waals surface area contributed by atoms with Crippen LogP contribution in [0.5, 0.6) is 5.75 Å². The second kappa shape index (κ2) is 5.24. The van der Waals surface area contributed by atoms with Crippen LogP contribution in [0, 0.1) is 11.8 Å². The topological polar surface area (TPSA) is 41.6 Å². The van der Waals surface area contributed by atoms with Crippen molar-refractivity contribution < 1.29 is 9.53 Å². The first-order valence-corrected chi connectivity index (χ1v) is 8.08. The third-order valence-electron chi connectivity index (χ3n) is 4.57. The molecule has 1 heterocycles. The van der Waals surface area contributed by atoms with Crippen LogP contribution in [-0.4, -0.2) is 36.5 Å². The van der Waals surface area contributed by atoms with Crippen molar-refractivity contribution >= 4 is 11.6 Å². The summed E-state index contributed by atoms with van der Waals surface area (Å²) < 4.78 is 5.92. The first kappa shape index (κ1) is 13.0. The van der Waals surface area contributed by atoms with E-state index in [1.807, 2.05) is 24.3 Å². The molecule has 2 saturated carbocycles. The Morgan fingerprint density at radius 3 is 2.48 bits per heavy atom. The Kier molecular flexibility index (Phi) is 3.24. The molecule has 0 saturated heterocycles. The molecule has 1 aromatic rings. The van der Waals surface area contributed by atoms with Crippen molar-refractivity contribution in [3.63, 3.8) is 0 Å². The molecule has 2 fully saturated rings. The number of rotatable bonds is 5. The molecule has 1 amide bonds. The minimum Gasteiger partial charge on any atom is -0.477 e. The Hall–Kier alpha value is -1.71. The molecule has 0 radical (unpaired) electrons. The lowest BCUT2D eigenvalue weighted by molar-refractivity contribution is -0.138. The van der Waals surface area contributed by atoms with Crippen LogP contribution in [0.2, 0.25) is 0 Å². The smallest absolute Gasteiger partial charge is 0.265 e. The average molecular weight is 286 g/mol. The van der Waals surface area contributed by atoms with Crippen LogP contribution in [0.25, 0.3) is 0 Å². The van der Waals surface area contributed by atoms with Crippen molar-refractivity contribution in [2.75, 3.05) is 25.0 Å². The predicted octanol–water partition coefficient (Wildman–Crippen LogP) is 2.51. The predicted molar refractivity (Wildman–Crippen MR) is 81.4 cm³/mol. The maximum absolute atomic E-state index is 12.8. The summed E-state index contributed by atoms with van der Waals surface area (Å²) in [7, 11) is 0. The van der Waals surface area contributed by atoms with Crippen LogP contribution < -0.4 is 10.1 Å². The molecule has 0 spiro atoms. The molecular formula is C17H22N2O2. The summed E-state index contributed by atoms with van der Waals surface area (Å²) in [5.41, 5.74) is 0.984. The second-order valence-corrected chi connectivity index (χ2v) is 6.61. The molecule has 112 valence electrons. The summed E-state index contributed by atoms with van der Waals surface area (Å²) in [6.07, 6.45) is 4.74. The number of nitrogens with one attached hydrogen (secondary N) is 1. The Morgan fingerprint density at radius 2 is 1.81 bits per heavy atom. The standard InChI is InChI=1S/C17H22N2O2/c20-17(19(10-12-5-6-12)11-13-7-8-13)16-9-18-14-3-1-2-4-15(14)21-16/h1-4,12-13,16,18H,5-11H2. The zero-order valence-corrected chi connectivity index (χ0v) is 12.3. The van der Waals surface area contributed by atoms with Crippen LogP contribution in [-0.2, 0) is 4.79 Å². The summed E-state index contributed by atoms with van der Waals surface area (Å²) in [6, 6.07) is 7.83. The van der Waals surface area contributed by atoms with Gasteiger partial charge in [0.2, 0.25) is 0 Å². The second-order valence-electron chi connectivity index (χ2n) is 6.61. The van der Waals surface area contributed by atoms with E-state index in [4.69, 9.17) is 4.74 Å². The first-order chi connectivity index (χ1) is 10.3. The van der Waals surface area contributed by atoms with Gasteiger partial charge in [-0.15, -0.1) is 0 Å². The highest BCUT2D eigenvalue weighted by Crippen LogP contribution is 2.35. The number of para-hydroxylation sites is 2. The van der Waals surface area contributed by atoms with Gasteiger partial charge in [-0.2, -0.15) is 0 Å². The number of amides is 1. The SMILES string of the molecule is O=C(C1CNc2ccccc2O1)N(CC1CC1)CC1CC1. The lowest BCUT2D eigenvalue weighted by atomic mass is 10.2. The zero-order valence-electron chi connectivity index (χ0n) is 12.3. The fourth-order valence-electron chi connectivity index (χ4n) is 2.93. The van der Waals surface area contributed by atoms with Crippen LogP contribution in [0.15, 0.2) is 24.3 Å². The van der Waals surface area contributed by atoms with E-state index in [-0.39, 0.29) is 12.0 Å². The Morgan fingerprint density at radius 1 is 1.14 bits per heavy atom. The number of nitrogens with zero attached hydrogens (tertiary/aromatic N) is 1. The van der Waals surface area contributed by atoms with E-state index < -0.39 is 0 Å². The number of fused-ring (bicyclic) bond motifs is 1. The lowest BCUT2D eigenvalue weighted by Crippen LogP contribution is -2.48. The fraction of sp³-hybridized carbons (Fsp3) is 0.588. The number of carbonyl (C=O) groups excluding carboxylic acids is 1. The average Bonchev–Trinajstić information content (AvgIpc) is 3.41. The van der Waals surface area contributed by atoms with Crippen LogP contribution >= 0.6 is 0 Å². The van der Waals surface area contributed by atoms with E-state index in [0.717, 1.165) is 36.4 Å². The highest BCUT2D eigenvalue weighted by molar-refractivity contribution is 5.83. The number of hydrogen-bond acceptors (Lipinski definition) is 3. The van der Waals surface area contributed by atoms with Crippen molar-refractivity contribution in [1.82, 2.24) is 4.90 Å². The lowest BCUT2D eigenvalue weighted by Gasteiger charge is -2.31. The highest BCUT2D eigenvalue weighted by Gasteiger charge is 2.36. The van der Waals surface area contributed by atoms with Gasteiger partial charge in [0.05, 0.1) is 12.2 Å². The molecule has 4 nitrogen and oxygen atoms in total. The van der Waals surface area contributed by atoms with Crippen molar-refractivity contribution in [3.05, 3.63) is 24.3 Å².